The SMILES string of the molecule is C=CCNC(=O)c1ccccc1NC(=O)CSc1nnc(-c2ccccc2F)n1-c1ccccc1. The van der Waals surface area contributed by atoms with Gasteiger partial charge in [0.2, 0.25) is 5.91 Å². The topological polar surface area (TPSA) is 88.9 Å². The molecule has 9 heteroatoms. The van der Waals surface area contributed by atoms with Crippen molar-refractivity contribution >= 4 is 29.3 Å². The van der Waals surface area contributed by atoms with Crippen molar-refractivity contribution in [2.45, 2.75) is 5.16 Å². The second-order valence-corrected chi connectivity index (χ2v) is 8.28. The zero-order chi connectivity index (χ0) is 24.6. The first kappa shape index (κ1) is 23.9. The molecule has 0 aliphatic heterocycles. The minimum atomic E-state index is -0.419. The summed E-state index contributed by atoms with van der Waals surface area (Å²) in [6.07, 6.45) is 1.58. The fourth-order valence-corrected chi connectivity index (χ4v) is 4.11. The van der Waals surface area contributed by atoms with Gasteiger partial charge < -0.3 is 10.6 Å². The minimum absolute atomic E-state index is 0.00481. The van der Waals surface area contributed by atoms with E-state index in [1.807, 2.05) is 30.3 Å². The Morgan fingerprint density at radius 1 is 0.971 bits per heavy atom. The van der Waals surface area contributed by atoms with Crippen LogP contribution in [0.2, 0.25) is 0 Å². The smallest absolute Gasteiger partial charge is 0.253 e. The summed E-state index contributed by atoms with van der Waals surface area (Å²) in [7, 11) is 0. The fraction of sp³-hybridized carbons (Fsp3) is 0.0769. The summed E-state index contributed by atoms with van der Waals surface area (Å²) in [4.78, 5) is 25.1. The van der Waals surface area contributed by atoms with Gasteiger partial charge in [-0.05, 0) is 36.4 Å². The molecular weight excluding hydrogens is 465 g/mol. The molecule has 0 atom stereocenters. The number of nitrogens with zero attached hydrogens (tertiary/aromatic N) is 3. The van der Waals surface area contributed by atoms with E-state index in [0.29, 0.717) is 34.3 Å². The molecule has 176 valence electrons. The van der Waals surface area contributed by atoms with Crippen LogP contribution in [0.15, 0.2) is 96.7 Å². The molecule has 0 unspecified atom stereocenters. The molecule has 3 aromatic carbocycles. The Labute approximate surface area is 206 Å². The van der Waals surface area contributed by atoms with Crippen molar-refractivity contribution in [2.75, 3.05) is 17.6 Å². The maximum Gasteiger partial charge on any atom is 0.253 e. The van der Waals surface area contributed by atoms with Crippen LogP contribution in [0.4, 0.5) is 10.1 Å². The number of aromatic nitrogens is 3. The maximum atomic E-state index is 14.5. The van der Waals surface area contributed by atoms with Gasteiger partial charge in [-0.25, -0.2) is 4.39 Å². The number of amides is 2. The molecule has 0 aliphatic rings. The van der Waals surface area contributed by atoms with Gasteiger partial charge in [0.25, 0.3) is 5.91 Å². The summed E-state index contributed by atoms with van der Waals surface area (Å²) < 4.78 is 16.2. The van der Waals surface area contributed by atoms with E-state index in [1.54, 1.807) is 53.1 Å². The van der Waals surface area contributed by atoms with Crippen LogP contribution in [-0.2, 0) is 4.79 Å². The van der Waals surface area contributed by atoms with Gasteiger partial charge in [0.1, 0.15) is 5.82 Å². The quantitative estimate of drug-likeness (QED) is 0.263. The lowest BCUT2D eigenvalue weighted by Crippen LogP contribution is -2.25. The largest absolute Gasteiger partial charge is 0.349 e. The summed E-state index contributed by atoms with van der Waals surface area (Å²) in [5.41, 5.74) is 1.79. The molecule has 0 saturated heterocycles. The highest BCUT2D eigenvalue weighted by molar-refractivity contribution is 7.99. The molecule has 0 aliphatic carbocycles. The lowest BCUT2D eigenvalue weighted by atomic mass is 10.1. The van der Waals surface area contributed by atoms with Crippen LogP contribution in [0.3, 0.4) is 0 Å². The molecule has 2 N–H and O–H groups in total. The molecule has 1 aromatic heterocycles. The summed E-state index contributed by atoms with van der Waals surface area (Å²) in [5.74, 6) is -0.717. The molecule has 4 rings (SSSR count). The van der Waals surface area contributed by atoms with Gasteiger partial charge in [-0.1, -0.05) is 60.3 Å². The molecule has 1 heterocycles. The van der Waals surface area contributed by atoms with Crippen LogP contribution < -0.4 is 10.6 Å². The van der Waals surface area contributed by atoms with E-state index in [2.05, 4.69) is 27.4 Å². The van der Waals surface area contributed by atoms with E-state index in [9.17, 15) is 14.0 Å². The Morgan fingerprint density at radius 3 is 2.46 bits per heavy atom. The molecule has 0 bridgehead atoms. The molecule has 35 heavy (non-hydrogen) atoms. The van der Waals surface area contributed by atoms with Gasteiger partial charge in [0.05, 0.1) is 22.6 Å². The monoisotopic (exact) mass is 487 g/mol. The van der Waals surface area contributed by atoms with Gasteiger partial charge >= 0.3 is 0 Å². The number of carbonyl (C=O) groups is 2. The third-order valence-electron chi connectivity index (χ3n) is 4.95. The number of rotatable bonds is 9. The van der Waals surface area contributed by atoms with Crippen molar-refractivity contribution in [2.24, 2.45) is 0 Å². The summed E-state index contributed by atoms with van der Waals surface area (Å²) in [6, 6.07) is 22.4. The zero-order valence-electron chi connectivity index (χ0n) is 18.6. The van der Waals surface area contributed by atoms with E-state index in [0.717, 1.165) is 17.4 Å². The summed E-state index contributed by atoms with van der Waals surface area (Å²) >= 11 is 1.16. The number of anilines is 1. The number of benzene rings is 3. The first-order chi connectivity index (χ1) is 17.1. The van der Waals surface area contributed by atoms with E-state index in [4.69, 9.17) is 0 Å². The van der Waals surface area contributed by atoms with Crippen LogP contribution in [-0.4, -0.2) is 38.9 Å². The van der Waals surface area contributed by atoms with Crippen molar-refractivity contribution < 1.29 is 14.0 Å². The third-order valence-corrected chi connectivity index (χ3v) is 5.88. The maximum absolute atomic E-state index is 14.5. The van der Waals surface area contributed by atoms with Crippen molar-refractivity contribution in [1.82, 2.24) is 20.1 Å². The molecule has 0 saturated carbocycles. The zero-order valence-corrected chi connectivity index (χ0v) is 19.5. The second-order valence-electron chi connectivity index (χ2n) is 7.34. The van der Waals surface area contributed by atoms with Gasteiger partial charge in [-0.3, -0.25) is 14.2 Å². The number of hydrogen-bond donors (Lipinski definition) is 2. The number of thioether (sulfide) groups is 1. The van der Waals surface area contributed by atoms with E-state index < -0.39 is 5.82 Å². The van der Waals surface area contributed by atoms with Crippen LogP contribution in [0.25, 0.3) is 17.1 Å². The highest BCUT2D eigenvalue weighted by atomic mass is 32.2. The molecule has 0 spiro atoms. The lowest BCUT2D eigenvalue weighted by molar-refractivity contribution is -0.113. The van der Waals surface area contributed by atoms with Crippen molar-refractivity contribution in [3.63, 3.8) is 0 Å². The molecule has 4 aromatic rings. The molecule has 0 radical (unpaired) electrons. The van der Waals surface area contributed by atoms with Gasteiger partial charge in [0, 0.05) is 12.2 Å². The Bertz CT molecular complexity index is 1360. The Kier molecular flexibility index (Phi) is 7.69. The average molecular weight is 488 g/mol. The second kappa shape index (κ2) is 11.3. The highest BCUT2D eigenvalue weighted by Crippen LogP contribution is 2.29. The fourth-order valence-electron chi connectivity index (χ4n) is 3.36. The third kappa shape index (κ3) is 5.64. The molecule has 7 nitrogen and oxygen atoms in total. The van der Waals surface area contributed by atoms with Gasteiger partial charge in [-0.15, -0.1) is 16.8 Å². The van der Waals surface area contributed by atoms with Crippen LogP contribution >= 0.6 is 11.8 Å². The Morgan fingerprint density at radius 2 is 1.69 bits per heavy atom. The van der Waals surface area contributed by atoms with Crippen molar-refractivity contribution in [1.29, 1.82) is 0 Å². The van der Waals surface area contributed by atoms with Crippen LogP contribution in [0.1, 0.15) is 10.4 Å². The number of nitrogens with one attached hydrogen (secondary N) is 2. The van der Waals surface area contributed by atoms with E-state index >= 15 is 0 Å². The summed E-state index contributed by atoms with van der Waals surface area (Å²) in [5, 5.41) is 14.4. The molecule has 0 fully saturated rings. The lowest BCUT2D eigenvalue weighted by Gasteiger charge is -2.12. The van der Waals surface area contributed by atoms with E-state index in [1.165, 1.54) is 6.07 Å². The van der Waals surface area contributed by atoms with E-state index in [-0.39, 0.29) is 17.6 Å². The Balaban J connectivity index is 1.55. The number of halogens is 1. The number of para-hydroxylation sites is 2. The van der Waals surface area contributed by atoms with Crippen LogP contribution in [0.5, 0.6) is 0 Å². The number of hydrogen-bond acceptors (Lipinski definition) is 5. The first-order valence-electron chi connectivity index (χ1n) is 10.7. The Hall–Kier alpha value is -4.24. The minimum Gasteiger partial charge on any atom is -0.349 e. The van der Waals surface area contributed by atoms with Crippen LogP contribution in [0, 0.1) is 5.82 Å². The van der Waals surface area contributed by atoms with Crippen molar-refractivity contribution in [3.8, 4) is 17.1 Å². The van der Waals surface area contributed by atoms with Gasteiger partial charge in [-0.2, -0.15) is 0 Å². The first-order valence-corrected chi connectivity index (χ1v) is 11.7. The molecular formula is C26H22FN5O2S. The predicted octanol–water partition coefficient (Wildman–Crippen LogP) is 4.72. The summed E-state index contributed by atoms with van der Waals surface area (Å²) in [6.45, 7) is 3.90. The predicted molar refractivity (Wildman–Crippen MR) is 135 cm³/mol. The van der Waals surface area contributed by atoms with Crippen molar-refractivity contribution in [3.05, 3.63) is 103 Å². The molecule has 2 amide bonds. The van der Waals surface area contributed by atoms with Gasteiger partial charge in [0.15, 0.2) is 11.0 Å². The highest BCUT2D eigenvalue weighted by Gasteiger charge is 2.20. The average Bonchev–Trinajstić information content (AvgIpc) is 3.31. The normalized spacial score (nSPS) is 10.5. The standard InChI is InChI=1S/C26H22FN5O2S/c1-2-16-28-25(34)20-13-7-9-15-22(20)29-23(33)17-35-26-31-30-24(19-12-6-8-14-21(19)27)32(26)18-10-4-3-5-11-18/h2-15H,1,16-17H2,(H,28,34)(H,29,33). The number of carbonyl (C=O) groups excluding carboxylic acids is 2.